The van der Waals surface area contributed by atoms with Gasteiger partial charge in [-0.2, -0.15) is 0 Å². The number of ether oxygens (including phenoxy) is 1. The van der Waals surface area contributed by atoms with Gasteiger partial charge in [-0.15, -0.1) is 0 Å². The van der Waals surface area contributed by atoms with Crippen LogP contribution in [0.2, 0.25) is 0 Å². The Kier molecular flexibility index (Phi) is 5.35. The van der Waals surface area contributed by atoms with E-state index in [-0.39, 0.29) is 0 Å². The fourth-order valence-electron chi connectivity index (χ4n) is 1.82. The molecule has 0 radical (unpaired) electrons. The summed E-state index contributed by atoms with van der Waals surface area (Å²) < 4.78 is 5.00. The maximum atomic E-state index is 5.82. The topological polar surface area (TPSA) is 38.5 Å². The quantitative estimate of drug-likeness (QED) is 0.625. The Morgan fingerprint density at radius 2 is 2.23 bits per heavy atom. The number of unbranched alkanes of at least 4 members (excludes halogenated alkanes) is 2. The van der Waals surface area contributed by atoms with Gasteiger partial charge in [-0.25, -0.2) is 0 Å². The standard InChI is InChI=1S/C10H22N2O/c1-13-8-4-2-3-6-12-7-5-10(11)9-12/h10H,2-9,11H2,1H3. The zero-order valence-electron chi connectivity index (χ0n) is 8.67. The number of nitrogens with zero attached hydrogens (tertiary/aromatic N) is 1. The summed E-state index contributed by atoms with van der Waals surface area (Å²) in [4.78, 5) is 2.47. The molecule has 3 nitrogen and oxygen atoms in total. The Morgan fingerprint density at radius 1 is 1.38 bits per heavy atom. The fraction of sp³-hybridized carbons (Fsp3) is 1.00. The molecule has 3 heteroatoms. The van der Waals surface area contributed by atoms with Gasteiger partial charge in [0.2, 0.25) is 0 Å². The first-order chi connectivity index (χ1) is 6.33. The van der Waals surface area contributed by atoms with Gasteiger partial charge >= 0.3 is 0 Å². The molecule has 0 bridgehead atoms. The number of nitrogens with two attached hydrogens (primary N) is 1. The maximum Gasteiger partial charge on any atom is 0.0462 e. The Labute approximate surface area is 81.2 Å². The van der Waals surface area contributed by atoms with Crippen LogP contribution in [0.5, 0.6) is 0 Å². The molecule has 0 spiro atoms. The summed E-state index contributed by atoms with van der Waals surface area (Å²) in [6.07, 6.45) is 4.93. The second kappa shape index (κ2) is 6.35. The number of hydrogen-bond donors (Lipinski definition) is 1. The Hall–Kier alpha value is -0.120. The predicted molar refractivity (Wildman–Crippen MR) is 54.8 cm³/mol. The van der Waals surface area contributed by atoms with Gasteiger partial charge in [0.1, 0.15) is 0 Å². The minimum absolute atomic E-state index is 0.430. The highest BCUT2D eigenvalue weighted by molar-refractivity contribution is 4.77. The van der Waals surface area contributed by atoms with Crippen molar-refractivity contribution in [1.29, 1.82) is 0 Å². The van der Waals surface area contributed by atoms with E-state index in [1.165, 1.54) is 38.8 Å². The van der Waals surface area contributed by atoms with Gasteiger partial charge in [0.15, 0.2) is 0 Å². The Morgan fingerprint density at radius 3 is 2.85 bits per heavy atom. The molecule has 1 aliphatic heterocycles. The first-order valence-electron chi connectivity index (χ1n) is 5.30. The van der Waals surface area contributed by atoms with Gasteiger partial charge in [0, 0.05) is 26.3 Å². The summed E-state index contributed by atoms with van der Waals surface area (Å²) in [5.74, 6) is 0. The molecule has 1 aliphatic rings. The van der Waals surface area contributed by atoms with E-state index in [0.717, 1.165) is 13.2 Å². The first kappa shape index (κ1) is 11.0. The van der Waals surface area contributed by atoms with Crippen molar-refractivity contribution in [3.05, 3.63) is 0 Å². The number of methoxy groups -OCH3 is 1. The molecule has 0 aromatic carbocycles. The van der Waals surface area contributed by atoms with Gasteiger partial charge in [-0.3, -0.25) is 0 Å². The van der Waals surface area contributed by atoms with E-state index in [1.54, 1.807) is 7.11 Å². The third kappa shape index (κ3) is 4.60. The molecule has 0 aliphatic carbocycles. The molecule has 13 heavy (non-hydrogen) atoms. The lowest BCUT2D eigenvalue weighted by atomic mass is 10.2. The van der Waals surface area contributed by atoms with Crippen molar-refractivity contribution in [2.75, 3.05) is 33.4 Å². The van der Waals surface area contributed by atoms with Crippen LogP contribution in [-0.4, -0.2) is 44.3 Å². The summed E-state index contributed by atoms with van der Waals surface area (Å²) in [6, 6.07) is 0.430. The number of likely N-dealkylation sites (tertiary alicyclic amines) is 1. The van der Waals surface area contributed by atoms with E-state index in [4.69, 9.17) is 10.5 Å². The minimum Gasteiger partial charge on any atom is -0.385 e. The van der Waals surface area contributed by atoms with Gasteiger partial charge in [-0.1, -0.05) is 0 Å². The Balaban J connectivity index is 1.88. The molecule has 2 N–H and O–H groups in total. The third-order valence-corrected chi connectivity index (χ3v) is 2.63. The number of hydrogen-bond acceptors (Lipinski definition) is 3. The van der Waals surface area contributed by atoms with Crippen LogP contribution in [0.15, 0.2) is 0 Å². The summed E-state index contributed by atoms with van der Waals surface area (Å²) in [7, 11) is 1.76. The average molecular weight is 186 g/mol. The highest BCUT2D eigenvalue weighted by Crippen LogP contribution is 2.08. The lowest BCUT2D eigenvalue weighted by Gasteiger charge is -2.14. The molecule has 1 heterocycles. The molecule has 1 fully saturated rings. The molecule has 78 valence electrons. The van der Waals surface area contributed by atoms with E-state index in [0.29, 0.717) is 6.04 Å². The third-order valence-electron chi connectivity index (χ3n) is 2.63. The van der Waals surface area contributed by atoms with Crippen LogP contribution in [-0.2, 0) is 4.74 Å². The fourth-order valence-corrected chi connectivity index (χ4v) is 1.82. The van der Waals surface area contributed by atoms with Gasteiger partial charge < -0.3 is 15.4 Å². The van der Waals surface area contributed by atoms with E-state index >= 15 is 0 Å². The Bertz CT molecular complexity index is 130. The van der Waals surface area contributed by atoms with Crippen LogP contribution in [0.25, 0.3) is 0 Å². The zero-order chi connectivity index (χ0) is 9.52. The van der Waals surface area contributed by atoms with Crippen LogP contribution < -0.4 is 5.73 Å². The average Bonchev–Trinajstić information content (AvgIpc) is 2.51. The van der Waals surface area contributed by atoms with Crippen molar-refractivity contribution >= 4 is 0 Å². The van der Waals surface area contributed by atoms with E-state index in [9.17, 15) is 0 Å². The molecule has 0 aromatic heterocycles. The van der Waals surface area contributed by atoms with Crippen molar-refractivity contribution in [3.63, 3.8) is 0 Å². The van der Waals surface area contributed by atoms with Crippen molar-refractivity contribution < 1.29 is 4.74 Å². The predicted octanol–water partition coefficient (Wildman–Crippen LogP) is 0.836. The smallest absolute Gasteiger partial charge is 0.0462 e. The lowest BCUT2D eigenvalue weighted by Crippen LogP contribution is -2.27. The van der Waals surface area contributed by atoms with Crippen LogP contribution in [0.3, 0.4) is 0 Å². The van der Waals surface area contributed by atoms with Crippen LogP contribution in [0.1, 0.15) is 25.7 Å². The molecule has 1 unspecified atom stereocenters. The SMILES string of the molecule is COCCCCCN1CCC(N)C1. The van der Waals surface area contributed by atoms with E-state index in [1.807, 2.05) is 0 Å². The second-order valence-corrected chi connectivity index (χ2v) is 3.90. The molecular formula is C10H22N2O. The summed E-state index contributed by atoms with van der Waals surface area (Å²) in [6.45, 7) is 4.42. The second-order valence-electron chi connectivity index (χ2n) is 3.90. The van der Waals surface area contributed by atoms with E-state index < -0.39 is 0 Å². The van der Waals surface area contributed by atoms with Gasteiger partial charge in [0.25, 0.3) is 0 Å². The van der Waals surface area contributed by atoms with Crippen molar-refractivity contribution in [2.45, 2.75) is 31.7 Å². The molecule has 1 atom stereocenters. The van der Waals surface area contributed by atoms with Crippen LogP contribution in [0.4, 0.5) is 0 Å². The van der Waals surface area contributed by atoms with Gasteiger partial charge in [-0.05, 0) is 38.8 Å². The largest absolute Gasteiger partial charge is 0.385 e. The first-order valence-corrected chi connectivity index (χ1v) is 5.30. The molecule has 1 rings (SSSR count). The molecule has 0 aromatic rings. The summed E-state index contributed by atoms with van der Waals surface area (Å²) in [5.41, 5.74) is 5.82. The van der Waals surface area contributed by atoms with E-state index in [2.05, 4.69) is 4.90 Å². The number of rotatable bonds is 6. The monoisotopic (exact) mass is 186 g/mol. The molecular weight excluding hydrogens is 164 g/mol. The van der Waals surface area contributed by atoms with Crippen LogP contribution >= 0.6 is 0 Å². The van der Waals surface area contributed by atoms with Crippen LogP contribution in [0, 0.1) is 0 Å². The minimum atomic E-state index is 0.430. The van der Waals surface area contributed by atoms with Crippen molar-refractivity contribution in [2.24, 2.45) is 5.73 Å². The molecule has 0 saturated carbocycles. The highest BCUT2D eigenvalue weighted by atomic mass is 16.5. The molecule has 1 saturated heterocycles. The highest BCUT2D eigenvalue weighted by Gasteiger charge is 2.17. The summed E-state index contributed by atoms with van der Waals surface area (Å²) in [5, 5.41) is 0. The van der Waals surface area contributed by atoms with Crippen molar-refractivity contribution in [3.8, 4) is 0 Å². The molecule has 0 amide bonds. The lowest BCUT2D eigenvalue weighted by molar-refractivity contribution is 0.190. The summed E-state index contributed by atoms with van der Waals surface area (Å²) >= 11 is 0. The maximum absolute atomic E-state index is 5.82. The van der Waals surface area contributed by atoms with Crippen molar-refractivity contribution in [1.82, 2.24) is 4.90 Å². The normalized spacial score (nSPS) is 24.0. The van der Waals surface area contributed by atoms with Gasteiger partial charge in [0.05, 0.1) is 0 Å². The zero-order valence-corrected chi connectivity index (χ0v) is 8.67.